The SMILES string of the molecule is CC(C)c1ccc2c(c1)C(C)/C(=C\c1ccccc1)c1c[nH]c(c1)C=C1N=C(c3ccccc31)c1ccc(C(C)C)cc1C(C)/C(=C\c1ccccc1)c1ccc([nH]1)C=C1N=C2c2ccccc21. The van der Waals surface area contributed by atoms with Crippen molar-refractivity contribution in [3.63, 3.8) is 0 Å². The van der Waals surface area contributed by atoms with Crippen LogP contribution in [0.1, 0.15) is 155 Å². The van der Waals surface area contributed by atoms with Crippen molar-refractivity contribution in [2.45, 2.75) is 65.2 Å². The highest BCUT2D eigenvalue weighted by Crippen LogP contribution is 2.44. The zero-order valence-electron chi connectivity index (χ0n) is 39.7. The summed E-state index contributed by atoms with van der Waals surface area (Å²) in [6.07, 6.45) is 11.3. The summed E-state index contributed by atoms with van der Waals surface area (Å²) in [5, 5.41) is 0. The molecule has 2 aromatic heterocycles. The Morgan fingerprint density at radius 3 is 1.46 bits per heavy atom. The van der Waals surface area contributed by atoms with Crippen molar-refractivity contribution >= 4 is 58.3 Å². The Morgan fingerprint density at radius 2 is 0.926 bits per heavy atom. The Hall–Kier alpha value is -7.82. The smallest absolute Gasteiger partial charge is 0.0791 e. The Kier molecular flexibility index (Phi) is 11.2. The van der Waals surface area contributed by atoms with Gasteiger partial charge in [-0.25, -0.2) is 9.98 Å². The molecule has 332 valence electrons. The van der Waals surface area contributed by atoms with Gasteiger partial charge in [0.2, 0.25) is 0 Å². The Bertz CT molecular complexity index is 3190. The average Bonchev–Trinajstić information content (AvgIpc) is 4.19. The first-order valence-electron chi connectivity index (χ1n) is 24.2. The number of allylic oxidation sites excluding steroid dienone is 2. The van der Waals surface area contributed by atoms with Crippen molar-refractivity contribution in [3.05, 3.63) is 259 Å². The number of nitrogens with zero attached hydrogens (tertiary/aromatic N) is 2. The fourth-order valence-electron chi connectivity index (χ4n) is 10.3. The molecule has 3 aliphatic heterocycles. The van der Waals surface area contributed by atoms with E-state index in [9.17, 15) is 0 Å². The molecule has 3 aliphatic rings. The van der Waals surface area contributed by atoms with Gasteiger partial charge in [-0.05, 0) is 98.4 Å². The molecule has 5 heterocycles. The molecule has 2 N–H and O–H groups in total. The van der Waals surface area contributed by atoms with Gasteiger partial charge >= 0.3 is 0 Å². The largest absolute Gasteiger partial charge is 0.361 e. The molecule has 0 aliphatic carbocycles. The van der Waals surface area contributed by atoms with Gasteiger partial charge in [-0.1, -0.05) is 193 Å². The van der Waals surface area contributed by atoms with Gasteiger partial charge in [-0.3, -0.25) is 0 Å². The highest BCUT2D eigenvalue weighted by Gasteiger charge is 2.30. The monoisotopic (exact) mass is 880 g/mol. The van der Waals surface area contributed by atoms with Crippen LogP contribution in [0.25, 0.3) is 46.8 Å². The van der Waals surface area contributed by atoms with Gasteiger partial charge in [-0.2, -0.15) is 0 Å². The Morgan fingerprint density at radius 1 is 0.456 bits per heavy atom. The normalized spacial score (nSPS) is 17.6. The molecule has 0 fully saturated rings. The van der Waals surface area contributed by atoms with E-state index < -0.39 is 0 Å². The average molecular weight is 881 g/mol. The van der Waals surface area contributed by atoms with Gasteiger partial charge < -0.3 is 9.97 Å². The number of aromatic amines is 2. The Balaban J connectivity index is 1.18. The highest BCUT2D eigenvalue weighted by atomic mass is 14.8. The fourth-order valence-corrected chi connectivity index (χ4v) is 10.3. The summed E-state index contributed by atoms with van der Waals surface area (Å²) in [4.78, 5) is 18.7. The maximum absolute atomic E-state index is 5.57. The quantitative estimate of drug-likeness (QED) is 0.177. The molecule has 0 saturated heterocycles. The number of fused-ring (bicyclic) bond motifs is 16. The van der Waals surface area contributed by atoms with Gasteiger partial charge in [0.1, 0.15) is 0 Å². The van der Waals surface area contributed by atoms with Crippen LogP contribution >= 0.6 is 0 Å². The van der Waals surface area contributed by atoms with E-state index in [0.29, 0.717) is 11.8 Å². The van der Waals surface area contributed by atoms with E-state index in [1.807, 2.05) is 0 Å². The molecule has 0 amide bonds. The van der Waals surface area contributed by atoms with E-state index in [1.54, 1.807) is 0 Å². The number of aromatic nitrogens is 2. The third-order valence-corrected chi connectivity index (χ3v) is 14.1. The number of benzene rings is 6. The van der Waals surface area contributed by atoms with Crippen LogP contribution in [-0.4, -0.2) is 21.4 Å². The summed E-state index contributed by atoms with van der Waals surface area (Å²) < 4.78 is 0. The molecule has 11 rings (SSSR count). The molecule has 0 saturated carbocycles. The van der Waals surface area contributed by atoms with E-state index >= 15 is 0 Å². The number of hydrogen-bond donors (Lipinski definition) is 2. The number of rotatable bonds is 4. The second kappa shape index (κ2) is 17.8. The molecule has 8 aromatic rings. The third-order valence-electron chi connectivity index (χ3n) is 14.1. The summed E-state index contributed by atoms with van der Waals surface area (Å²) in [5.74, 6) is 0.718. The van der Waals surface area contributed by atoms with Crippen molar-refractivity contribution in [1.82, 2.24) is 9.97 Å². The van der Waals surface area contributed by atoms with E-state index in [-0.39, 0.29) is 11.8 Å². The minimum Gasteiger partial charge on any atom is -0.361 e. The first-order valence-corrected chi connectivity index (χ1v) is 24.2. The summed E-state index contributed by atoms with van der Waals surface area (Å²) in [6.45, 7) is 13.8. The Labute approximate surface area is 401 Å². The molecule has 0 radical (unpaired) electrons. The van der Waals surface area contributed by atoms with Gasteiger partial charge in [0.05, 0.1) is 22.8 Å². The lowest BCUT2D eigenvalue weighted by Crippen LogP contribution is -2.10. The molecule has 6 aromatic carbocycles. The molecule has 0 spiro atoms. The van der Waals surface area contributed by atoms with Gasteiger partial charge in [-0.15, -0.1) is 0 Å². The predicted octanol–water partition coefficient (Wildman–Crippen LogP) is 16.3. The summed E-state index contributed by atoms with van der Waals surface area (Å²) >= 11 is 0. The van der Waals surface area contributed by atoms with Crippen LogP contribution in [0.15, 0.2) is 180 Å². The lowest BCUT2D eigenvalue weighted by molar-refractivity contribution is 0.857. The van der Waals surface area contributed by atoms with Crippen LogP contribution in [0.4, 0.5) is 0 Å². The summed E-state index contributed by atoms with van der Waals surface area (Å²) in [6, 6.07) is 59.6. The van der Waals surface area contributed by atoms with E-state index in [1.165, 1.54) is 33.4 Å². The predicted molar refractivity (Wildman–Crippen MR) is 288 cm³/mol. The fraction of sp³-hybridized carbons (Fsp3) is 0.156. The number of nitrogens with one attached hydrogen (secondary N) is 2. The molecule has 8 bridgehead atoms. The first kappa shape index (κ1) is 42.8. The summed E-state index contributed by atoms with van der Waals surface area (Å²) in [5.41, 5.74) is 24.8. The van der Waals surface area contributed by atoms with Crippen molar-refractivity contribution < 1.29 is 0 Å². The van der Waals surface area contributed by atoms with Gasteiger partial charge in [0.15, 0.2) is 0 Å². The summed E-state index contributed by atoms with van der Waals surface area (Å²) in [7, 11) is 0. The molecule has 4 nitrogen and oxygen atoms in total. The first-order chi connectivity index (χ1) is 33.2. The van der Waals surface area contributed by atoms with Gasteiger partial charge in [0, 0.05) is 68.5 Å². The van der Waals surface area contributed by atoms with Crippen molar-refractivity contribution in [3.8, 4) is 0 Å². The molecule has 4 heteroatoms. The second-order valence-electron chi connectivity index (χ2n) is 19.2. The highest BCUT2D eigenvalue weighted by molar-refractivity contribution is 6.23. The van der Waals surface area contributed by atoms with Crippen LogP contribution in [-0.2, 0) is 0 Å². The molecular formula is C64H56N4. The lowest BCUT2D eigenvalue weighted by atomic mass is 9.81. The standard InChI is InChI=1S/C64H56N4/c1-39(2)45-25-28-54-57(34-45)41(5)56(31-43-17-9-7-10-18-43)47-33-49(65-38-47)37-62-51-22-14-16-24-53(51)64(68-62)55-29-26-46(40(3)4)35-58(55)42(6)59(32-44-19-11-8-12-20-44)60-30-27-48(66-60)36-61-50-21-13-15-23-52(50)63(54)67-61/h7-42,65-66H,1-6H3/b56-31+,59-32+,61-36?,62-37?. The zero-order chi connectivity index (χ0) is 46.5. The maximum Gasteiger partial charge on any atom is 0.0791 e. The third kappa shape index (κ3) is 8.00. The minimum atomic E-state index is -0.00403. The van der Waals surface area contributed by atoms with Crippen molar-refractivity contribution in [1.29, 1.82) is 0 Å². The zero-order valence-corrected chi connectivity index (χ0v) is 39.7. The van der Waals surface area contributed by atoms with Crippen LogP contribution in [0.3, 0.4) is 0 Å². The van der Waals surface area contributed by atoms with Crippen molar-refractivity contribution in [2.24, 2.45) is 9.98 Å². The van der Waals surface area contributed by atoms with Crippen LogP contribution < -0.4 is 0 Å². The molecule has 2 unspecified atom stereocenters. The number of aliphatic imine (C=N–C) groups is 2. The van der Waals surface area contributed by atoms with E-state index in [4.69, 9.17) is 9.98 Å². The number of H-pyrrole nitrogens is 2. The maximum atomic E-state index is 5.57. The molecule has 2 atom stereocenters. The van der Waals surface area contributed by atoms with Crippen LogP contribution in [0, 0.1) is 0 Å². The van der Waals surface area contributed by atoms with Gasteiger partial charge in [0.25, 0.3) is 0 Å². The molecule has 68 heavy (non-hydrogen) atoms. The van der Waals surface area contributed by atoms with Crippen molar-refractivity contribution in [2.75, 3.05) is 0 Å². The molecular weight excluding hydrogens is 825 g/mol. The minimum absolute atomic E-state index is 0.00403. The van der Waals surface area contributed by atoms with E-state index in [2.05, 4.69) is 246 Å². The number of hydrogen-bond acceptors (Lipinski definition) is 2. The lowest BCUT2D eigenvalue weighted by Gasteiger charge is -2.22. The van der Waals surface area contributed by atoms with Crippen LogP contribution in [0.2, 0.25) is 0 Å². The topological polar surface area (TPSA) is 56.3 Å². The van der Waals surface area contributed by atoms with E-state index in [0.717, 1.165) is 90.0 Å². The van der Waals surface area contributed by atoms with Crippen LogP contribution in [0.5, 0.6) is 0 Å². The second-order valence-corrected chi connectivity index (χ2v) is 19.2.